The minimum atomic E-state index is -0.885. The van der Waals surface area contributed by atoms with Crippen molar-refractivity contribution >= 4 is 21.9 Å². The van der Waals surface area contributed by atoms with Gasteiger partial charge in [0.05, 0.1) is 11.5 Å². The number of benzene rings is 1. The molecule has 0 saturated heterocycles. The van der Waals surface area contributed by atoms with Crippen molar-refractivity contribution in [3.8, 4) is 0 Å². The van der Waals surface area contributed by atoms with Gasteiger partial charge in [0.1, 0.15) is 0 Å². The first-order valence-electron chi connectivity index (χ1n) is 6.60. The number of hydrogen-bond acceptors (Lipinski definition) is 2. The predicted molar refractivity (Wildman–Crippen MR) is 79.1 cm³/mol. The zero-order chi connectivity index (χ0) is 14.5. The van der Waals surface area contributed by atoms with E-state index < -0.39 is 17.5 Å². The third kappa shape index (κ3) is 4.62. The number of aliphatic hydroxyl groups is 1. The molecule has 3 nitrogen and oxygen atoms in total. The second-order valence-corrected chi connectivity index (χ2v) is 5.82. The zero-order valence-corrected chi connectivity index (χ0v) is 13.0. The number of hydrogen-bond donors (Lipinski definition) is 2. The fourth-order valence-electron chi connectivity index (χ4n) is 2.17. The monoisotopic (exact) mass is 328 g/mol. The topological polar surface area (TPSA) is 57.5 Å². The van der Waals surface area contributed by atoms with Gasteiger partial charge in [0.15, 0.2) is 0 Å². The molecule has 2 N–H and O–H groups in total. The number of carbonyl (C=O) groups is 1. The molecule has 0 aliphatic rings. The highest BCUT2D eigenvalue weighted by Gasteiger charge is 2.31. The van der Waals surface area contributed by atoms with E-state index in [0.29, 0.717) is 19.3 Å². The summed E-state index contributed by atoms with van der Waals surface area (Å²) in [6, 6.07) is 7.61. The molecule has 0 bridgehead atoms. The van der Waals surface area contributed by atoms with Crippen LogP contribution in [0.3, 0.4) is 0 Å². The Morgan fingerprint density at radius 1 is 1.32 bits per heavy atom. The lowest BCUT2D eigenvalue weighted by Crippen LogP contribution is -2.33. The van der Waals surface area contributed by atoms with Crippen molar-refractivity contribution in [2.45, 2.75) is 45.1 Å². The van der Waals surface area contributed by atoms with Crippen molar-refractivity contribution in [2.24, 2.45) is 5.92 Å². The lowest BCUT2D eigenvalue weighted by molar-refractivity contribution is -0.144. The maximum Gasteiger partial charge on any atom is 0.306 e. The zero-order valence-electron chi connectivity index (χ0n) is 11.4. The van der Waals surface area contributed by atoms with Crippen molar-refractivity contribution in [1.29, 1.82) is 0 Å². The quantitative estimate of drug-likeness (QED) is 0.803. The third-order valence-electron chi connectivity index (χ3n) is 3.72. The van der Waals surface area contributed by atoms with Crippen LogP contribution in [0.5, 0.6) is 0 Å². The van der Waals surface area contributed by atoms with Gasteiger partial charge in [-0.1, -0.05) is 48.0 Å². The summed E-state index contributed by atoms with van der Waals surface area (Å²) in [7, 11) is 0. The summed E-state index contributed by atoms with van der Waals surface area (Å²) >= 11 is 3.43. The number of rotatable bonds is 7. The molecule has 0 radical (unpaired) electrons. The predicted octanol–water partition coefficient (Wildman–Crippen LogP) is 3.63. The largest absolute Gasteiger partial charge is 0.481 e. The smallest absolute Gasteiger partial charge is 0.306 e. The van der Waals surface area contributed by atoms with E-state index in [-0.39, 0.29) is 6.42 Å². The molecule has 0 heterocycles. The molecule has 0 amide bonds. The molecule has 0 aromatic heterocycles. The average molecular weight is 329 g/mol. The van der Waals surface area contributed by atoms with Gasteiger partial charge in [-0.15, -0.1) is 0 Å². The molecular formula is C15H21BrO3. The normalized spacial score (nSPS) is 13.3. The van der Waals surface area contributed by atoms with E-state index in [1.165, 1.54) is 0 Å². The van der Waals surface area contributed by atoms with Crippen LogP contribution in [0.25, 0.3) is 0 Å². The fraction of sp³-hybridized carbons (Fsp3) is 0.533. The van der Waals surface area contributed by atoms with Crippen molar-refractivity contribution in [3.05, 3.63) is 34.3 Å². The number of halogens is 1. The maximum atomic E-state index is 11.4. The van der Waals surface area contributed by atoms with E-state index in [2.05, 4.69) is 15.9 Å². The van der Waals surface area contributed by atoms with Crippen molar-refractivity contribution in [1.82, 2.24) is 0 Å². The molecule has 1 rings (SSSR count). The molecule has 0 fully saturated rings. The van der Waals surface area contributed by atoms with Gasteiger partial charge in [-0.25, -0.2) is 0 Å². The Kier molecular flexibility index (Phi) is 6.01. The van der Waals surface area contributed by atoms with Crippen LogP contribution < -0.4 is 0 Å². The minimum absolute atomic E-state index is 0.288. The summed E-state index contributed by atoms with van der Waals surface area (Å²) in [5, 5.41) is 19.7. The van der Waals surface area contributed by atoms with E-state index in [1.807, 2.05) is 38.1 Å². The first-order chi connectivity index (χ1) is 8.91. The standard InChI is InChI=1S/C15H21BrO3/c1-3-15(19,4-2)10-12(14(17)18)9-11-7-5-6-8-13(11)16/h5-8,12,19H,3-4,9-10H2,1-2H3,(H,17,18). The van der Waals surface area contributed by atoms with Crippen LogP contribution >= 0.6 is 15.9 Å². The molecule has 106 valence electrons. The van der Waals surface area contributed by atoms with E-state index in [9.17, 15) is 15.0 Å². The average Bonchev–Trinajstić information content (AvgIpc) is 2.40. The van der Waals surface area contributed by atoms with E-state index in [1.54, 1.807) is 0 Å². The van der Waals surface area contributed by atoms with Gasteiger partial charge < -0.3 is 10.2 Å². The van der Waals surface area contributed by atoms with Crippen LogP contribution in [-0.4, -0.2) is 21.8 Å². The molecule has 1 aromatic rings. The van der Waals surface area contributed by atoms with Crippen molar-refractivity contribution in [3.63, 3.8) is 0 Å². The van der Waals surface area contributed by atoms with Gasteiger partial charge in [0, 0.05) is 4.47 Å². The molecule has 19 heavy (non-hydrogen) atoms. The van der Waals surface area contributed by atoms with Crippen LogP contribution in [0, 0.1) is 5.92 Å². The summed E-state index contributed by atoms with van der Waals surface area (Å²) < 4.78 is 0.915. The van der Waals surface area contributed by atoms with Crippen LogP contribution in [0.4, 0.5) is 0 Å². The third-order valence-corrected chi connectivity index (χ3v) is 4.49. The van der Waals surface area contributed by atoms with Gasteiger partial charge >= 0.3 is 5.97 Å². The molecule has 1 aromatic carbocycles. The van der Waals surface area contributed by atoms with Crippen molar-refractivity contribution in [2.75, 3.05) is 0 Å². The lowest BCUT2D eigenvalue weighted by Gasteiger charge is -2.28. The second kappa shape index (κ2) is 7.06. The first-order valence-corrected chi connectivity index (χ1v) is 7.39. The van der Waals surface area contributed by atoms with E-state index in [4.69, 9.17) is 0 Å². The SMILES string of the molecule is CCC(O)(CC)CC(Cc1ccccc1Br)C(=O)O. The maximum absolute atomic E-state index is 11.4. The Morgan fingerprint density at radius 3 is 2.37 bits per heavy atom. The Hall–Kier alpha value is -0.870. The molecular weight excluding hydrogens is 308 g/mol. The molecule has 0 aliphatic heterocycles. The van der Waals surface area contributed by atoms with Crippen LogP contribution in [0.15, 0.2) is 28.7 Å². The highest BCUT2D eigenvalue weighted by Crippen LogP contribution is 2.28. The van der Waals surface area contributed by atoms with Crippen LogP contribution in [-0.2, 0) is 11.2 Å². The summed E-state index contributed by atoms with van der Waals surface area (Å²) in [5.41, 5.74) is 0.0778. The summed E-state index contributed by atoms with van der Waals surface area (Å²) in [6.07, 6.45) is 1.86. The van der Waals surface area contributed by atoms with Crippen LogP contribution in [0.2, 0.25) is 0 Å². The Labute approximate surface area is 122 Å². The van der Waals surface area contributed by atoms with Crippen LogP contribution in [0.1, 0.15) is 38.7 Å². The lowest BCUT2D eigenvalue weighted by atomic mass is 9.83. The fourth-order valence-corrected chi connectivity index (χ4v) is 2.62. The molecule has 0 saturated carbocycles. The summed E-state index contributed by atoms with van der Waals surface area (Å²) in [6.45, 7) is 3.78. The van der Waals surface area contributed by atoms with Gasteiger partial charge in [0.2, 0.25) is 0 Å². The molecule has 4 heteroatoms. The number of carboxylic acids is 1. The summed E-state index contributed by atoms with van der Waals surface area (Å²) in [4.78, 5) is 11.4. The summed E-state index contributed by atoms with van der Waals surface area (Å²) in [5.74, 6) is -1.42. The van der Waals surface area contributed by atoms with E-state index >= 15 is 0 Å². The van der Waals surface area contributed by atoms with Gasteiger partial charge in [-0.3, -0.25) is 4.79 Å². The molecule has 1 atom stereocenters. The first kappa shape index (κ1) is 16.2. The Balaban J connectivity index is 2.85. The Bertz CT molecular complexity index is 427. The number of aliphatic carboxylic acids is 1. The highest BCUT2D eigenvalue weighted by molar-refractivity contribution is 9.10. The number of carboxylic acid groups (broad SMARTS) is 1. The molecule has 0 aliphatic carbocycles. The van der Waals surface area contributed by atoms with Gasteiger partial charge in [-0.05, 0) is 37.3 Å². The highest BCUT2D eigenvalue weighted by atomic mass is 79.9. The molecule has 1 unspecified atom stereocenters. The Morgan fingerprint density at radius 2 is 1.89 bits per heavy atom. The van der Waals surface area contributed by atoms with Gasteiger partial charge in [0.25, 0.3) is 0 Å². The van der Waals surface area contributed by atoms with E-state index in [0.717, 1.165) is 10.0 Å². The second-order valence-electron chi connectivity index (χ2n) is 4.97. The molecule has 0 spiro atoms. The van der Waals surface area contributed by atoms with Crippen molar-refractivity contribution < 1.29 is 15.0 Å². The minimum Gasteiger partial charge on any atom is -0.481 e. The van der Waals surface area contributed by atoms with Gasteiger partial charge in [-0.2, -0.15) is 0 Å².